The third-order valence-corrected chi connectivity index (χ3v) is 3.66. The van der Waals surface area contributed by atoms with Gasteiger partial charge in [0.2, 0.25) is 0 Å². The average Bonchev–Trinajstić information content (AvgIpc) is 3.11. The number of hydrogen-bond donors (Lipinski definition) is 0. The molecule has 7 heteroatoms. The van der Waals surface area contributed by atoms with Gasteiger partial charge in [0.05, 0.1) is 6.20 Å². The molecule has 1 aliphatic rings. The summed E-state index contributed by atoms with van der Waals surface area (Å²) in [5.74, 6) is 0. The number of halogens is 3. The second kappa shape index (κ2) is 3.55. The molecule has 1 fully saturated rings. The summed E-state index contributed by atoms with van der Waals surface area (Å²) in [7, 11) is 1.52. The largest absolute Gasteiger partial charge is 0.399 e. The van der Waals surface area contributed by atoms with Crippen LogP contribution in [0.3, 0.4) is 0 Å². The second-order valence-electron chi connectivity index (χ2n) is 4.79. The molecular weight excluding hydrogens is 259 g/mol. The summed E-state index contributed by atoms with van der Waals surface area (Å²) in [6, 6.07) is 1.41. The van der Waals surface area contributed by atoms with Crippen LogP contribution in [0.25, 0.3) is 11.2 Å². The van der Waals surface area contributed by atoms with E-state index >= 15 is 0 Å². The second-order valence-corrected chi connectivity index (χ2v) is 4.79. The molecular formula is C12H10F3N3O. The van der Waals surface area contributed by atoms with E-state index in [1.807, 2.05) is 0 Å². The third-order valence-electron chi connectivity index (χ3n) is 3.66. The summed E-state index contributed by atoms with van der Waals surface area (Å²) in [4.78, 5) is 18.6. The minimum Gasteiger partial charge on any atom is -0.330 e. The van der Waals surface area contributed by atoms with Crippen LogP contribution in [0.2, 0.25) is 0 Å². The molecule has 0 saturated heterocycles. The van der Waals surface area contributed by atoms with E-state index in [2.05, 4.69) is 9.97 Å². The van der Waals surface area contributed by atoms with Gasteiger partial charge in [-0.2, -0.15) is 13.2 Å². The van der Waals surface area contributed by atoms with Gasteiger partial charge in [-0.15, -0.1) is 0 Å². The van der Waals surface area contributed by atoms with Crippen molar-refractivity contribution in [3.63, 3.8) is 0 Å². The van der Waals surface area contributed by atoms with Crippen LogP contribution >= 0.6 is 0 Å². The molecule has 1 saturated carbocycles. The molecule has 0 bridgehead atoms. The van der Waals surface area contributed by atoms with Crippen molar-refractivity contribution in [3.05, 3.63) is 23.7 Å². The van der Waals surface area contributed by atoms with Crippen LogP contribution in [0.1, 0.15) is 29.0 Å². The molecule has 0 N–H and O–H groups in total. The standard InChI is InChI=1S/C12H10F3N3O/c1-18-9(11(2-3-11)12(13,14)15)4-8-10(18)17-7(6-19)5-16-8/h4-6H,2-3H2,1H3. The van der Waals surface area contributed by atoms with Crippen molar-refractivity contribution in [1.29, 1.82) is 0 Å². The Bertz CT molecular complexity index is 671. The zero-order valence-corrected chi connectivity index (χ0v) is 10.0. The molecule has 0 atom stereocenters. The van der Waals surface area contributed by atoms with Crippen molar-refractivity contribution in [1.82, 2.24) is 14.5 Å². The van der Waals surface area contributed by atoms with Gasteiger partial charge in [0.25, 0.3) is 0 Å². The van der Waals surface area contributed by atoms with Gasteiger partial charge in [0.1, 0.15) is 16.6 Å². The predicted octanol–water partition coefficient (Wildman–Crippen LogP) is 2.37. The lowest BCUT2D eigenvalue weighted by atomic mass is 10.0. The smallest absolute Gasteiger partial charge is 0.330 e. The molecule has 4 nitrogen and oxygen atoms in total. The molecule has 2 aromatic rings. The van der Waals surface area contributed by atoms with E-state index in [0.29, 0.717) is 17.5 Å². The third kappa shape index (κ3) is 1.57. The summed E-state index contributed by atoms with van der Waals surface area (Å²) in [5.41, 5.74) is -0.824. The number of carbonyl (C=O) groups is 1. The fourth-order valence-electron chi connectivity index (χ4n) is 2.42. The van der Waals surface area contributed by atoms with E-state index in [9.17, 15) is 18.0 Å². The van der Waals surface area contributed by atoms with Gasteiger partial charge < -0.3 is 4.57 Å². The molecule has 100 valence electrons. The SMILES string of the molecule is Cn1c(C2(C(F)(F)F)CC2)cc2ncc(C=O)nc21. The molecule has 0 aliphatic heterocycles. The molecule has 0 radical (unpaired) electrons. The van der Waals surface area contributed by atoms with Crippen molar-refractivity contribution in [2.75, 3.05) is 0 Å². The zero-order valence-electron chi connectivity index (χ0n) is 10.0. The Kier molecular flexibility index (Phi) is 2.27. The van der Waals surface area contributed by atoms with Gasteiger partial charge >= 0.3 is 6.18 Å². The number of aromatic nitrogens is 3. The fraction of sp³-hybridized carbons (Fsp3) is 0.417. The number of aryl methyl sites for hydroxylation is 1. The van der Waals surface area contributed by atoms with E-state index < -0.39 is 11.6 Å². The molecule has 19 heavy (non-hydrogen) atoms. The van der Waals surface area contributed by atoms with E-state index in [0.717, 1.165) is 0 Å². The Morgan fingerprint density at radius 2 is 2.11 bits per heavy atom. The van der Waals surface area contributed by atoms with Crippen LogP contribution in [0.5, 0.6) is 0 Å². The summed E-state index contributed by atoms with van der Waals surface area (Å²) in [5, 5.41) is 0. The topological polar surface area (TPSA) is 47.8 Å². The fourth-order valence-corrected chi connectivity index (χ4v) is 2.42. The van der Waals surface area contributed by atoms with Crippen molar-refractivity contribution in [2.24, 2.45) is 7.05 Å². The van der Waals surface area contributed by atoms with Crippen LogP contribution in [-0.2, 0) is 12.5 Å². The number of nitrogens with zero attached hydrogens (tertiary/aromatic N) is 3. The summed E-state index contributed by atoms with van der Waals surface area (Å²) >= 11 is 0. The van der Waals surface area contributed by atoms with Crippen molar-refractivity contribution in [3.8, 4) is 0 Å². The first-order chi connectivity index (χ1) is 8.89. The number of carbonyl (C=O) groups excluding carboxylic acids is 1. The molecule has 2 heterocycles. The Morgan fingerprint density at radius 1 is 1.42 bits per heavy atom. The number of fused-ring (bicyclic) bond motifs is 1. The minimum absolute atomic E-state index is 0.0845. The van der Waals surface area contributed by atoms with E-state index in [1.165, 1.54) is 23.9 Å². The van der Waals surface area contributed by atoms with Crippen LogP contribution in [0.4, 0.5) is 13.2 Å². The summed E-state index contributed by atoms with van der Waals surface area (Å²) in [6.07, 6.45) is -2.33. The number of alkyl halides is 3. The molecule has 3 rings (SSSR count). The Balaban J connectivity index is 2.21. The molecule has 2 aromatic heterocycles. The molecule has 0 unspecified atom stereocenters. The first kappa shape index (κ1) is 12.1. The van der Waals surface area contributed by atoms with Crippen molar-refractivity contribution < 1.29 is 18.0 Å². The van der Waals surface area contributed by atoms with Gasteiger partial charge in [-0.1, -0.05) is 0 Å². The van der Waals surface area contributed by atoms with Gasteiger partial charge in [-0.3, -0.25) is 9.78 Å². The number of hydrogen-bond acceptors (Lipinski definition) is 3. The van der Waals surface area contributed by atoms with Gasteiger partial charge in [0.15, 0.2) is 11.9 Å². The predicted molar refractivity (Wildman–Crippen MR) is 60.9 cm³/mol. The Hall–Kier alpha value is -1.92. The normalized spacial score (nSPS) is 17.7. The van der Waals surface area contributed by atoms with Crippen LogP contribution in [0, 0.1) is 0 Å². The number of aldehydes is 1. The van der Waals surface area contributed by atoms with E-state index in [-0.39, 0.29) is 24.2 Å². The molecule has 0 aromatic carbocycles. The first-order valence-corrected chi connectivity index (χ1v) is 5.74. The van der Waals surface area contributed by atoms with Gasteiger partial charge in [-0.25, -0.2) is 4.98 Å². The van der Waals surface area contributed by atoms with Crippen LogP contribution < -0.4 is 0 Å². The highest BCUT2D eigenvalue weighted by atomic mass is 19.4. The van der Waals surface area contributed by atoms with Crippen LogP contribution in [0.15, 0.2) is 12.3 Å². The van der Waals surface area contributed by atoms with Gasteiger partial charge in [-0.05, 0) is 18.9 Å². The highest BCUT2D eigenvalue weighted by Gasteiger charge is 2.65. The van der Waals surface area contributed by atoms with Crippen LogP contribution in [-0.4, -0.2) is 27.0 Å². The summed E-state index contributed by atoms with van der Waals surface area (Å²) in [6.45, 7) is 0. The molecule has 0 amide bonds. The Morgan fingerprint density at radius 3 is 2.63 bits per heavy atom. The monoisotopic (exact) mass is 269 g/mol. The quantitative estimate of drug-likeness (QED) is 0.786. The van der Waals surface area contributed by atoms with Gasteiger partial charge in [0, 0.05) is 12.7 Å². The lowest BCUT2D eigenvalue weighted by Gasteiger charge is -2.19. The number of rotatable bonds is 2. The minimum atomic E-state index is -4.28. The highest BCUT2D eigenvalue weighted by molar-refractivity contribution is 5.79. The Labute approximate surface area is 106 Å². The zero-order chi connectivity index (χ0) is 13.8. The van der Waals surface area contributed by atoms with Crippen molar-refractivity contribution in [2.45, 2.75) is 24.4 Å². The molecule has 0 spiro atoms. The maximum Gasteiger partial charge on any atom is 0.399 e. The maximum atomic E-state index is 13.1. The van der Waals surface area contributed by atoms with E-state index in [4.69, 9.17) is 0 Å². The highest BCUT2D eigenvalue weighted by Crippen LogP contribution is 2.59. The van der Waals surface area contributed by atoms with Crippen molar-refractivity contribution >= 4 is 17.5 Å². The first-order valence-electron chi connectivity index (χ1n) is 5.74. The summed E-state index contributed by atoms with van der Waals surface area (Å²) < 4.78 is 40.8. The average molecular weight is 269 g/mol. The lowest BCUT2D eigenvalue weighted by molar-refractivity contribution is -0.162. The lowest BCUT2D eigenvalue weighted by Crippen LogP contribution is -2.30. The molecule has 1 aliphatic carbocycles. The van der Waals surface area contributed by atoms with E-state index in [1.54, 1.807) is 0 Å². The maximum absolute atomic E-state index is 13.1.